The highest BCUT2D eigenvalue weighted by Gasteiger charge is 2.03. The number of unbranched alkanes of at least 4 members (excludes halogenated alkanes) is 6. The molecule has 1 N–H and O–H groups in total. The summed E-state index contributed by atoms with van der Waals surface area (Å²) in [5, 5.41) is 2.00. The number of halogens is 1. The minimum atomic E-state index is 0.634. The lowest BCUT2D eigenvalue weighted by atomic mass is 10.0. The molecular formula is C21H30ClN. The van der Waals surface area contributed by atoms with E-state index in [1.54, 1.807) is 0 Å². The number of fused-ring (bicyclic) bond motifs is 1. The van der Waals surface area contributed by atoms with Gasteiger partial charge in [-0.15, -0.1) is 0 Å². The Morgan fingerprint density at radius 3 is 2.61 bits per heavy atom. The highest BCUT2D eigenvalue weighted by molar-refractivity contribution is 6.31. The second-order valence-corrected chi connectivity index (χ2v) is 7.12. The maximum Gasteiger partial charge on any atom is 0.0461 e. The summed E-state index contributed by atoms with van der Waals surface area (Å²) in [5.41, 5.74) is 2.38. The lowest BCUT2D eigenvalue weighted by Crippen LogP contribution is -1.90. The van der Waals surface area contributed by atoms with Gasteiger partial charge in [0.2, 0.25) is 0 Å². The van der Waals surface area contributed by atoms with Crippen LogP contribution in [0.1, 0.15) is 70.8 Å². The van der Waals surface area contributed by atoms with Crippen molar-refractivity contribution in [1.82, 2.24) is 4.98 Å². The van der Waals surface area contributed by atoms with E-state index < -0.39 is 0 Å². The molecular weight excluding hydrogens is 302 g/mol. The van der Waals surface area contributed by atoms with Crippen molar-refractivity contribution in [3.05, 3.63) is 41.1 Å². The number of H-pyrrole nitrogens is 1. The van der Waals surface area contributed by atoms with E-state index in [1.807, 2.05) is 18.2 Å². The number of rotatable bonds is 10. The maximum absolute atomic E-state index is 6.10. The van der Waals surface area contributed by atoms with Gasteiger partial charge in [0.1, 0.15) is 0 Å². The summed E-state index contributed by atoms with van der Waals surface area (Å²) in [5.74, 6) is 0.634. The molecule has 1 aromatic heterocycles. The zero-order chi connectivity index (χ0) is 16.5. The lowest BCUT2D eigenvalue weighted by Gasteiger charge is -2.06. The van der Waals surface area contributed by atoms with Crippen molar-refractivity contribution in [1.29, 1.82) is 0 Å². The fourth-order valence-electron chi connectivity index (χ4n) is 3.04. The molecule has 0 aliphatic heterocycles. The summed E-state index contributed by atoms with van der Waals surface area (Å²) in [6.45, 7) is 4.59. The first kappa shape index (κ1) is 18.1. The molecule has 0 aliphatic carbocycles. The number of allylic oxidation sites excluding steroid dienone is 1. The third-order valence-electron chi connectivity index (χ3n) is 4.54. The van der Waals surface area contributed by atoms with E-state index >= 15 is 0 Å². The van der Waals surface area contributed by atoms with Gasteiger partial charge in [0.05, 0.1) is 0 Å². The number of nitrogens with one attached hydrogen (secondary N) is 1. The Morgan fingerprint density at radius 2 is 1.83 bits per heavy atom. The van der Waals surface area contributed by atoms with Gasteiger partial charge in [-0.3, -0.25) is 0 Å². The summed E-state index contributed by atoms with van der Waals surface area (Å²) in [6.07, 6.45) is 17.6. The van der Waals surface area contributed by atoms with Crippen molar-refractivity contribution in [2.24, 2.45) is 5.92 Å². The first-order valence-electron chi connectivity index (χ1n) is 9.15. The van der Waals surface area contributed by atoms with Crippen LogP contribution in [0.15, 0.2) is 30.5 Å². The van der Waals surface area contributed by atoms with Crippen LogP contribution in [0, 0.1) is 5.92 Å². The van der Waals surface area contributed by atoms with Crippen LogP contribution < -0.4 is 0 Å². The Labute approximate surface area is 146 Å². The van der Waals surface area contributed by atoms with Gasteiger partial charge in [0.15, 0.2) is 0 Å². The van der Waals surface area contributed by atoms with Gasteiger partial charge >= 0.3 is 0 Å². The first-order chi connectivity index (χ1) is 11.2. The Kier molecular flexibility index (Phi) is 7.74. The van der Waals surface area contributed by atoms with Gasteiger partial charge in [0, 0.05) is 22.1 Å². The standard InChI is InChI=1S/C21H30ClN/c1-3-4-5-6-7-8-9-10-17(2)11-12-18-16-23-21-14-13-19(22)15-20(18)21/h11-17,23H,3-10H2,1-2H3/b12-11+. The molecule has 1 atom stereocenters. The lowest BCUT2D eigenvalue weighted by molar-refractivity contribution is 0.538. The van der Waals surface area contributed by atoms with E-state index in [2.05, 4.69) is 37.2 Å². The third kappa shape index (κ3) is 6.06. The second-order valence-electron chi connectivity index (χ2n) is 6.68. The van der Waals surface area contributed by atoms with Crippen LogP contribution in [-0.4, -0.2) is 4.98 Å². The summed E-state index contributed by atoms with van der Waals surface area (Å²) in [4.78, 5) is 3.31. The minimum absolute atomic E-state index is 0.634. The molecule has 1 nitrogen and oxygen atoms in total. The molecule has 2 rings (SSSR count). The molecule has 0 bridgehead atoms. The Hall–Kier alpha value is -1.21. The Morgan fingerprint density at radius 1 is 1.09 bits per heavy atom. The summed E-state index contributed by atoms with van der Waals surface area (Å²) >= 11 is 6.10. The van der Waals surface area contributed by atoms with Gasteiger partial charge in [-0.2, -0.15) is 0 Å². The summed E-state index contributed by atoms with van der Waals surface area (Å²) < 4.78 is 0. The zero-order valence-corrected chi connectivity index (χ0v) is 15.3. The van der Waals surface area contributed by atoms with Crippen molar-refractivity contribution in [2.45, 2.75) is 65.2 Å². The smallest absolute Gasteiger partial charge is 0.0461 e. The van der Waals surface area contributed by atoms with Gasteiger partial charge < -0.3 is 4.98 Å². The van der Waals surface area contributed by atoms with Crippen LogP contribution >= 0.6 is 11.6 Å². The Bertz CT molecular complexity index is 611. The van der Waals surface area contributed by atoms with E-state index in [1.165, 1.54) is 62.3 Å². The Balaban J connectivity index is 1.74. The van der Waals surface area contributed by atoms with Crippen molar-refractivity contribution in [3.63, 3.8) is 0 Å². The SMILES string of the molecule is CCCCCCCCCC(C)/C=C/c1c[nH]c2ccc(Cl)cc12. The van der Waals surface area contributed by atoms with Crippen LogP contribution in [0.3, 0.4) is 0 Å². The molecule has 1 heterocycles. The fourth-order valence-corrected chi connectivity index (χ4v) is 3.21. The molecule has 1 aromatic carbocycles. The molecule has 0 amide bonds. The summed E-state index contributed by atoms with van der Waals surface area (Å²) in [6, 6.07) is 6.00. The number of aromatic amines is 1. The van der Waals surface area contributed by atoms with Crippen molar-refractivity contribution in [3.8, 4) is 0 Å². The molecule has 0 radical (unpaired) electrons. The van der Waals surface area contributed by atoms with E-state index in [0.29, 0.717) is 5.92 Å². The van der Waals surface area contributed by atoms with E-state index in [9.17, 15) is 0 Å². The number of hydrogen-bond acceptors (Lipinski definition) is 0. The van der Waals surface area contributed by atoms with Gasteiger partial charge in [-0.05, 0) is 36.1 Å². The van der Waals surface area contributed by atoms with E-state index in [0.717, 1.165) is 10.5 Å². The third-order valence-corrected chi connectivity index (χ3v) is 4.78. The normalized spacial score (nSPS) is 13.2. The topological polar surface area (TPSA) is 15.8 Å². The average molecular weight is 332 g/mol. The van der Waals surface area contributed by atoms with Crippen molar-refractivity contribution in [2.75, 3.05) is 0 Å². The molecule has 0 aliphatic rings. The molecule has 0 saturated heterocycles. The molecule has 0 spiro atoms. The van der Waals surface area contributed by atoms with Crippen LogP contribution in [0.25, 0.3) is 17.0 Å². The number of hydrogen-bond donors (Lipinski definition) is 1. The van der Waals surface area contributed by atoms with Gasteiger partial charge in [0.25, 0.3) is 0 Å². The van der Waals surface area contributed by atoms with Crippen molar-refractivity contribution >= 4 is 28.6 Å². The predicted octanol–water partition coefficient (Wildman–Crippen LogP) is 7.61. The monoisotopic (exact) mass is 331 g/mol. The first-order valence-corrected chi connectivity index (χ1v) is 9.53. The molecule has 126 valence electrons. The number of aromatic nitrogens is 1. The largest absolute Gasteiger partial charge is 0.361 e. The maximum atomic E-state index is 6.10. The molecule has 2 heteroatoms. The van der Waals surface area contributed by atoms with Crippen LogP contribution in [0.4, 0.5) is 0 Å². The van der Waals surface area contributed by atoms with Gasteiger partial charge in [-0.1, -0.05) is 82.5 Å². The van der Waals surface area contributed by atoms with Gasteiger partial charge in [-0.25, -0.2) is 0 Å². The quantitative estimate of drug-likeness (QED) is 0.431. The molecule has 0 saturated carbocycles. The molecule has 23 heavy (non-hydrogen) atoms. The highest BCUT2D eigenvalue weighted by Crippen LogP contribution is 2.24. The van der Waals surface area contributed by atoms with Crippen LogP contribution in [0.5, 0.6) is 0 Å². The van der Waals surface area contributed by atoms with Crippen LogP contribution in [-0.2, 0) is 0 Å². The zero-order valence-electron chi connectivity index (χ0n) is 14.6. The minimum Gasteiger partial charge on any atom is -0.361 e. The summed E-state index contributed by atoms with van der Waals surface area (Å²) in [7, 11) is 0. The van der Waals surface area contributed by atoms with E-state index in [-0.39, 0.29) is 0 Å². The van der Waals surface area contributed by atoms with Crippen LogP contribution in [0.2, 0.25) is 5.02 Å². The molecule has 0 fully saturated rings. The second kappa shape index (κ2) is 9.82. The predicted molar refractivity (Wildman–Crippen MR) is 104 cm³/mol. The average Bonchev–Trinajstić information content (AvgIpc) is 2.94. The molecule has 1 unspecified atom stereocenters. The highest BCUT2D eigenvalue weighted by atomic mass is 35.5. The van der Waals surface area contributed by atoms with E-state index in [4.69, 9.17) is 11.6 Å². The fraction of sp³-hybridized carbons (Fsp3) is 0.524. The molecule has 2 aromatic rings. The number of benzene rings is 1. The van der Waals surface area contributed by atoms with Crippen molar-refractivity contribution < 1.29 is 0 Å².